The molecule has 1 aromatic heterocycles. The van der Waals surface area contributed by atoms with Gasteiger partial charge >= 0.3 is 5.97 Å². The van der Waals surface area contributed by atoms with Gasteiger partial charge in [-0.3, -0.25) is 14.4 Å². The maximum absolute atomic E-state index is 14.5. The molecule has 4 aliphatic rings. The summed E-state index contributed by atoms with van der Waals surface area (Å²) in [7, 11) is 4.81. The lowest BCUT2D eigenvalue weighted by Crippen LogP contribution is -2.64. The molecule has 1 aliphatic carbocycles. The number of Topliss-reactive ketones (excluding diaryl/α,β-unsaturated/α-hetero) is 2. The molecule has 65 heavy (non-hydrogen) atoms. The maximum atomic E-state index is 14.5. The number of methoxy groups -OCH3 is 3. The van der Waals surface area contributed by atoms with E-state index in [2.05, 4.69) is 24.6 Å². The molecule has 4 heterocycles. The van der Waals surface area contributed by atoms with Crippen LogP contribution in [-0.2, 0) is 42.9 Å². The van der Waals surface area contributed by atoms with Gasteiger partial charge in [0, 0.05) is 63.2 Å². The number of ketones is 2. The number of ether oxygens (including phenoxy) is 6. The van der Waals surface area contributed by atoms with Crippen LogP contribution in [0.15, 0.2) is 66.4 Å². The molecule has 2 saturated heterocycles. The molecule has 3 aliphatic heterocycles. The third-order valence-corrected chi connectivity index (χ3v) is 14.5. The first kappa shape index (κ1) is 50.3. The molecule has 1 amide bonds. The van der Waals surface area contributed by atoms with Gasteiger partial charge < -0.3 is 43.4 Å². The van der Waals surface area contributed by atoms with Crippen LogP contribution in [0.5, 0.6) is 5.75 Å². The van der Waals surface area contributed by atoms with Gasteiger partial charge in [-0.25, -0.2) is 4.79 Å². The Kier molecular flexibility index (Phi) is 17.5. The lowest BCUT2D eigenvalue weighted by atomic mass is 9.82. The maximum Gasteiger partial charge on any atom is 0.329 e. The topological polar surface area (TPSA) is 163 Å². The van der Waals surface area contributed by atoms with Crippen LogP contribution in [0.1, 0.15) is 112 Å². The molecule has 13 atom stereocenters. The number of aromatic nitrogens is 1. The molecule has 1 aromatic carbocycles. The molecule has 13 unspecified atom stereocenters. The van der Waals surface area contributed by atoms with Crippen molar-refractivity contribution in [2.45, 2.75) is 160 Å². The molecule has 3 fully saturated rings. The highest BCUT2D eigenvalue weighted by Crippen LogP contribution is 2.40. The normalized spacial score (nSPS) is 36.2. The zero-order valence-corrected chi connectivity index (χ0v) is 39.9. The second kappa shape index (κ2) is 22.6. The van der Waals surface area contributed by atoms with Crippen molar-refractivity contribution in [1.29, 1.82) is 0 Å². The van der Waals surface area contributed by atoms with Crippen molar-refractivity contribution >= 4 is 34.3 Å². The summed E-state index contributed by atoms with van der Waals surface area (Å²) in [6, 6.07) is 6.97. The van der Waals surface area contributed by atoms with Gasteiger partial charge in [0.05, 0.1) is 18.3 Å². The smallest absolute Gasteiger partial charge is 0.329 e. The van der Waals surface area contributed by atoms with E-state index in [-0.39, 0.29) is 61.0 Å². The molecule has 1 saturated carbocycles. The number of piperidine rings is 1. The number of H-pyrrole nitrogens is 1. The SMILES string of the molecule is C=CCC1/C=C(\C)CC(C)CC(OC)C2OC(O)(C(=O)C(=O)N3CCCCC3C(=O)OC(C(C)=CC3CCC(Oc4ccc5[nH]ccc5c4)C(OC)C3)C(C)CCC1=O)C(C)CC2OC. The highest BCUT2D eigenvalue weighted by atomic mass is 16.7. The number of benzene rings is 1. The van der Waals surface area contributed by atoms with Crippen LogP contribution in [0.3, 0.4) is 0 Å². The quantitative estimate of drug-likeness (QED) is 0.142. The molecular weight excluding hydrogens is 829 g/mol. The van der Waals surface area contributed by atoms with Gasteiger partial charge in [0.2, 0.25) is 5.79 Å². The Morgan fingerprint density at radius 3 is 2.40 bits per heavy atom. The predicted octanol–water partition coefficient (Wildman–Crippen LogP) is 8.24. The summed E-state index contributed by atoms with van der Waals surface area (Å²) >= 11 is 0. The highest BCUT2D eigenvalue weighted by Gasteiger charge is 2.56. The number of hydrogen-bond acceptors (Lipinski definition) is 11. The van der Waals surface area contributed by atoms with Crippen LogP contribution in [0.2, 0.25) is 0 Å². The van der Waals surface area contributed by atoms with Gasteiger partial charge in [0.15, 0.2) is 0 Å². The number of allylic oxidation sites excluding steroid dienone is 4. The Morgan fingerprint density at radius 1 is 0.938 bits per heavy atom. The van der Waals surface area contributed by atoms with Crippen molar-refractivity contribution in [3.63, 3.8) is 0 Å². The van der Waals surface area contributed by atoms with E-state index in [9.17, 15) is 24.3 Å². The minimum atomic E-state index is -2.48. The van der Waals surface area contributed by atoms with Crippen molar-refractivity contribution in [3.05, 3.63) is 66.4 Å². The molecule has 0 radical (unpaired) electrons. The van der Waals surface area contributed by atoms with E-state index in [1.165, 1.54) is 4.90 Å². The number of carbonyl (C=O) groups is 4. The standard InChI is InChI=1S/C52H74N2O11/c1-10-13-38-25-31(2)24-32(3)26-45(61-8)48-46(62-9)28-35(6)52(59,65-48)49(56)50(57)54-23-12-11-14-41(54)51(58)64-47(33(4)15-19-42(38)55)34(5)27-36-16-20-43(44(29-36)60-7)63-39-17-18-40-37(30-39)21-22-53-40/h10,17-18,21-22,25,27,30,32-33,35-36,38,41,43-48,53,59H,1,11-16,19-20,23-24,26,28-29H2,2-9H3/b31-25+,34-27?. The number of cyclic esters (lactones) is 1. The Hall–Kier alpha value is -4.14. The minimum Gasteiger partial charge on any atom is -0.488 e. The van der Waals surface area contributed by atoms with Crippen molar-refractivity contribution < 1.29 is 52.7 Å². The summed E-state index contributed by atoms with van der Waals surface area (Å²) in [4.78, 5) is 61.8. The van der Waals surface area contributed by atoms with E-state index < -0.39 is 59.8 Å². The first-order chi connectivity index (χ1) is 31.1. The largest absolute Gasteiger partial charge is 0.488 e. The van der Waals surface area contributed by atoms with Gasteiger partial charge in [-0.1, -0.05) is 44.6 Å². The minimum absolute atomic E-state index is 0.0603. The fourth-order valence-corrected chi connectivity index (χ4v) is 10.8. The Morgan fingerprint density at radius 2 is 1.68 bits per heavy atom. The summed E-state index contributed by atoms with van der Waals surface area (Å²) in [6.45, 7) is 13.8. The monoisotopic (exact) mass is 903 g/mol. The summed E-state index contributed by atoms with van der Waals surface area (Å²) < 4.78 is 37.1. The van der Waals surface area contributed by atoms with Crippen molar-refractivity contribution in [3.8, 4) is 5.75 Å². The zero-order valence-electron chi connectivity index (χ0n) is 39.9. The Labute approximate surface area is 385 Å². The highest BCUT2D eigenvalue weighted by molar-refractivity contribution is 6.39. The predicted molar refractivity (Wildman–Crippen MR) is 248 cm³/mol. The Bertz CT molecular complexity index is 2040. The Balaban J connectivity index is 1.29. The number of esters is 1. The van der Waals surface area contributed by atoms with E-state index in [0.717, 1.165) is 40.6 Å². The van der Waals surface area contributed by atoms with Gasteiger partial charge in [-0.2, -0.15) is 0 Å². The third-order valence-electron chi connectivity index (χ3n) is 14.5. The molecule has 13 nitrogen and oxygen atoms in total. The first-order valence-corrected chi connectivity index (χ1v) is 23.9. The number of nitrogens with zero attached hydrogens (tertiary/aromatic N) is 1. The van der Waals surface area contributed by atoms with Gasteiger partial charge in [-0.05, 0) is 132 Å². The van der Waals surface area contributed by atoms with Crippen molar-refractivity contribution in [2.75, 3.05) is 27.9 Å². The number of fused-ring (bicyclic) bond motifs is 4. The number of amides is 1. The number of aliphatic hydroxyl groups is 1. The van der Waals surface area contributed by atoms with Crippen LogP contribution < -0.4 is 4.74 Å². The fourth-order valence-electron chi connectivity index (χ4n) is 10.8. The van der Waals surface area contributed by atoms with Crippen LogP contribution in [0.25, 0.3) is 10.9 Å². The summed E-state index contributed by atoms with van der Waals surface area (Å²) in [5.41, 5.74) is 2.93. The summed E-state index contributed by atoms with van der Waals surface area (Å²) in [6.07, 6.45) is 11.2. The van der Waals surface area contributed by atoms with Gasteiger partial charge in [0.25, 0.3) is 11.7 Å². The number of hydrogen-bond donors (Lipinski definition) is 2. The van der Waals surface area contributed by atoms with E-state index in [1.807, 2.05) is 57.3 Å². The van der Waals surface area contributed by atoms with Crippen LogP contribution in [-0.4, -0.2) is 115 Å². The van der Waals surface area contributed by atoms with E-state index >= 15 is 0 Å². The molecule has 2 bridgehead atoms. The van der Waals surface area contributed by atoms with Gasteiger partial charge in [-0.15, -0.1) is 6.58 Å². The lowest BCUT2D eigenvalue weighted by molar-refractivity contribution is -0.302. The lowest BCUT2D eigenvalue weighted by Gasteiger charge is -2.47. The molecule has 0 spiro atoms. The average Bonchev–Trinajstić information content (AvgIpc) is 3.77. The third kappa shape index (κ3) is 11.9. The summed E-state index contributed by atoms with van der Waals surface area (Å²) in [5, 5.41) is 13.2. The molecule has 2 aromatic rings. The number of rotatable bonds is 9. The molecule has 13 heteroatoms. The van der Waals surface area contributed by atoms with E-state index in [1.54, 1.807) is 34.3 Å². The van der Waals surface area contributed by atoms with Crippen LogP contribution in [0, 0.1) is 29.6 Å². The first-order valence-electron chi connectivity index (χ1n) is 23.9. The number of carbonyl (C=O) groups excluding carboxylic acids is 4. The number of nitrogens with one attached hydrogen (secondary N) is 1. The molecule has 6 rings (SSSR count). The van der Waals surface area contributed by atoms with E-state index in [4.69, 9.17) is 28.4 Å². The van der Waals surface area contributed by atoms with Crippen molar-refractivity contribution in [1.82, 2.24) is 9.88 Å². The molecular formula is C52H74N2O11. The van der Waals surface area contributed by atoms with Crippen LogP contribution >= 0.6 is 0 Å². The summed E-state index contributed by atoms with van der Waals surface area (Å²) in [5.74, 6) is -5.63. The van der Waals surface area contributed by atoms with Crippen molar-refractivity contribution in [2.24, 2.45) is 29.6 Å². The van der Waals surface area contributed by atoms with Gasteiger partial charge in [0.1, 0.15) is 35.9 Å². The molecule has 358 valence electrons. The molecule has 2 N–H and O–H groups in total. The second-order valence-corrected chi connectivity index (χ2v) is 19.5. The second-order valence-electron chi connectivity index (χ2n) is 19.5. The fraction of sp³-hybridized carbons (Fsp3) is 0.654. The average molecular weight is 903 g/mol. The zero-order chi connectivity index (χ0) is 47.0. The van der Waals surface area contributed by atoms with Crippen LogP contribution in [0.4, 0.5) is 0 Å². The number of aromatic amines is 1. The van der Waals surface area contributed by atoms with E-state index in [0.29, 0.717) is 51.4 Å².